The van der Waals surface area contributed by atoms with Gasteiger partial charge in [0, 0.05) is 32.0 Å². The van der Waals surface area contributed by atoms with Crippen LogP contribution in [0.1, 0.15) is 29.0 Å². The van der Waals surface area contributed by atoms with Crippen LogP contribution in [0.2, 0.25) is 0 Å². The molecule has 0 fully saturated rings. The summed E-state index contributed by atoms with van der Waals surface area (Å²) in [5.41, 5.74) is 2.29. The Bertz CT molecular complexity index is 1090. The fourth-order valence-electron chi connectivity index (χ4n) is 3.01. The molecule has 3 aromatic rings. The molecule has 0 aliphatic carbocycles. The van der Waals surface area contributed by atoms with Gasteiger partial charge in [0.2, 0.25) is 10.0 Å². The zero-order chi connectivity index (χ0) is 19.8. The van der Waals surface area contributed by atoms with Crippen LogP contribution in [-0.2, 0) is 17.1 Å². The molecule has 1 amide bonds. The Hall–Kier alpha value is -2.64. The normalized spacial score (nSPS) is 13.1. The largest absolute Gasteiger partial charge is 0.344 e. The maximum atomic E-state index is 12.8. The highest BCUT2D eigenvalue weighted by atomic mass is 32.2. The molecular formula is C20H23N3O3S. The second-order valence-electron chi connectivity index (χ2n) is 6.70. The standard InChI is InChI=1S/C20H23N3O3S/c1-14(15-8-6-5-7-9-15)21-20(24)19-13-16-12-17(27(25,26)22(2)3)10-11-18(16)23(19)4/h5-14H,1-4H3,(H,21,24)/t14-/m1/s1. The molecule has 0 bridgehead atoms. The van der Waals surface area contributed by atoms with E-state index in [0.717, 1.165) is 11.1 Å². The lowest BCUT2D eigenvalue weighted by molar-refractivity contribution is 0.0932. The molecule has 0 aliphatic rings. The van der Waals surface area contributed by atoms with E-state index in [0.29, 0.717) is 11.1 Å². The second kappa shape index (κ2) is 7.17. The number of aryl methyl sites for hydroxylation is 1. The fourth-order valence-corrected chi connectivity index (χ4v) is 3.95. The predicted molar refractivity (Wildman–Crippen MR) is 106 cm³/mol. The molecule has 0 saturated heterocycles. The smallest absolute Gasteiger partial charge is 0.268 e. The van der Waals surface area contributed by atoms with Crippen LogP contribution in [0.25, 0.3) is 10.9 Å². The number of rotatable bonds is 5. The zero-order valence-corrected chi connectivity index (χ0v) is 16.6. The van der Waals surface area contributed by atoms with Gasteiger partial charge in [-0.1, -0.05) is 30.3 Å². The SMILES string of the molecule is C[C@@H](NC(=O)c1cc2cc(S(=O)(=O)N(C)C)ccc2n1C)c1ccccc1. The molecule has 7 heteroatoms. The lowest BCUT2D eigenvalue weighted by atomic mass is 10.1. The molecule has 2 aromatic carbocycles. The minimum atomic E-state index is -3.52. The van der Waals surface area contributed by atoms with Gasteiger partial charge in [0.1, 0.15) is 5.69 Å². The first-order chi connectivity index (χ1) is 12.7. The van der Waals surface area contributed by atoms with E-state index in [1.54, 1.807) is 35.9 Å². The van der Waals surface area contributed by atoms with Gasteiger partial charge in [0.25, 0.3) is 5.91 Å². The third-order valence-electron chi connectivity index (χ3n) is 4.67. The number of hydrogen-bond donors (Lipinski definition) is 1. The van der Waals surface area contributed by atoms with Crippen LogP contribution < -0.4 is 5.32 Å². The summed E-state index contributed by atoms with van der Waals surface area (Å²) in [6.07, 6.45) is 0. The van der Waals surface area contributed by atoms with Crippen molar-refractivity contribution in [2.24, 2.45) is 7.05 Å². The molecule has 0 radical (unpaired) electrons. The van der Waals surface area contributed by atoms with Gasteiger partial charge >= 0.3 is 0 Å². The van der Waals surface area contributed by atoms with Crippen LogP contribution in [0.15, 0.2) is 59.5 Å². The van der Waals surface area contributed by atoms with Crippen molar-refractivity contribution >= 4 is 26.8 Å². The molecule has 1 N–H and O–H groups in total. The molecule has 0 unspecified atom stereocenters. The van der Waals surface area contributed by atoms with Crippen molar-refractivity contribution in [3.63, 3.8) is 0 Å². The number of amides is 1. The molecule has 0 saturated carbocycles. The van der Waals surface area contributed by atoms with E-state index >= 15 is 0 Å². The lowest BCUT2D eigenvalue weighted by Crippen LogP contribution is -2.28. The van der Waals surface area contributed by atoms with Gasteiger partial charge in [-0.15, -0.1) is 0 Å². The summed E-state index contributed by atoms with van der Waals surface area (Å²) >= 11 is 0. The predicted octanol–water partition coefficient (Wildman–Crippen LogP) is 2.92. The number of benzene rings is 2. The van der Waals surface area contributed by atoms with Crippen molar-refractivity contribution in [2.75, 3.05) is 14.1 Å². The third kappa shape index (κ3) is 3.61. The number of sulfonamides is 1. The van der Waals surface area contributed by atoms with E-state index in [1.165, 1.54) is 18.4 Å². The zero-order valence-electron chi connectivity index (χ0n) is 15.8. The molecule has 0 aliphatic heterocycles. The van der Waals surface area contributed by atoms with Gasteiger partial charge in [-0.05, 0) is 36.8 Å². The van der Waals surface area contributed by atoms with Gasteiger partial charge < -0.3 is 9.88 Å². The Balaban J connectivity index is 1.93. The van der Waals surface area contributed by atoms with Crippen LogP contribution >= 0.6 is 0 Å². The maximum absolute atomic E-state index is 12.8. The van der Waals surface area contributed by atoms with Crippen molar-refractivity contribution in [2.45, 2.75) is 17.9 Å². The molecule has 1 atom stereocenters. The second-order valence-corrected chi connectivity index (χ2v) is 8.85. The van der Waals surface area contributed by atoms with Crippen molar-refractivity contribution < 1.29 is 13.2 Å². The highest BCUT2D eigenvalue weighted by Crippen LogP contribution is 2.24. The highest BCUT2D eigenvalue weighted by molar-refractivity contribution is 7.89. The third-order valence-corrected chi connectivity index (χ3v) is 6.48. The monoisotopic (exact) mass is 385 g/mol. The fraction of sp³-hybridized carbons (Fsp3) is 0.250. The van der Waals surface area contributed by atoms with Gasteiger partial charge in [0.15, 0.2) is 0 Å². The number of hydrogen-bond acceptors (Lipinski definition) is 3. The first-order valence-electron chi connectivity index (χ1n) is 8.59. The Morgan fingerprint density at radius 2 is 1.74 bits per heavy atom. The Labute approximate surface area is 159 Å². The molecule has 142 valence electrons. The summed E-state index contributed by atoms with van der Waals surface area (Å²) in [5.74, 6) is -0.206. The summed E-state index contributed by atoms with van der Waals surface area (Å²) in [5, 5.41) is 3.70. The van der Waals surface area contributed by atoms with E-state index in [-0.39, 0.29) is 16.8 Å². The quantitative estimate of drug-likeness (QED) is 0.734. The number of carbonyl (C=O) groups excluding carboxylic acids is 1. The lowest BCUT2D eigenvalue weighted by Gasteiger charge is -2.14. The first kappa shape index (κ1) is 19.1. The Morgan fingerprint density at radius 3 is 2.37 bits per heavy atom. The van der Waals surface area contributed by atoms with Crippen LogP contribution in [0, 0.1) is 0 Å². The van der Waals surface area contributed by atoms with Crippen molar-refractivity contribution in [1.29, 1.82) is 0 Å². The average molecular weight is 385 g/mol. The molecule has 6 nitrogen and oxygen atoms in total. The first-order valence-corrected chi connectivity index (χ1v) is 10.0. The van der Waals surface area contributed by atoms with Crippen LogP contribution in [0.5, 0.6) is 0 Å². The number of aromatic nitrogens is 1. The van der Waals surface area contributed by atoms with Gasteiger partial charge in [-0.25, -0.2) is 12.7 Å². The molecule has 0 spiro atoms. The van der Waals surface area contributed by atoms with Crippen LogP contribution in [0.3, 0.4) is 0 Å². The van der Waals surface area contributed by atoms with Gasteiger partial charge in [-0.3, -0.25) is 4.79 Å². The van der Waals surface area contributed by atoms with Crippen molar-refractivity contribution in [3.05, 3.63) is 65.9 Å². The number of nitrogens with one attached hydrogen (secondary N) is 1. The maximum Gasteiger partial charge on any atom is 0.268 e. The molecular weight excluding hydrogens is 362 g/mol. The number of nitrogens with zero attached hydrogens (tertiary/aromatic N) is 2. The molecule has 27 heavy (non-hydrogen) atoms. The van der Waals surface area contributed by atoms with E-state index < -0.39 is 10.0 Å². The van der Waals surface area contributed by atoms with E-state index in [1.807, 2.05) is 37.3 Å². The topological polar surface area (TPSA) is 71.4 Å². The van der Waals surface area contributed by atoms with Crippen LogP contribution in [0.4, 0.5) is 0 Å². The molecule has 1 heterocycles. The highest BCUT2D eigenvalue weighted by Gasteiger charge is 2.20. The van der Waals surface area contributed by atoms with Crippen LogP contribution in [-0.4, -0.2) is 37.3 Å². The van der Waals surface area contributed by atoms with Crippen molar-refractivity contribution in [1.82, 2.24) is 14.2 Å². The van der Waals surface area contributed by atoms with E-state index in [9.17, 15) is 13.2 Å². The van der Waals surface area contributed by atoms with Gasteiger partial charge in [0.05, 0.1) is 10.9 Å². The molecule has 3 rings (SSSR count). The number of fused-ring (bicyclic) bond motifs is 1. The van der Waals surface area contributed by atoms with Crippen molar-refractivity contribution in [3.8, 4) is 0 Å². The summed E-state index contributed by atoms with van der Waals surface area (Å²) in [4.78, 5) is 13.0. The minimum Gasteiger partial charge on any atom is -0.344 e. The summed E-state index contributed by atoms with van der Waals surface area (Å²) in [7, 11) is 1.26. The summed E-state index contributed by atoms with van der Waals surface area (Å²) < 4.78 is 27.6. The average Bonchev–Trinajstić information content (AvgIpc) is 2.98. The van der Waals surface area contributed by atoms with Gasteiger partial charge in [-0.2, -0.15) is 0 Å². The van der Waals surface area contributed by atoms with E-state index in [2.05, 4.69) is 5.32 Å². The summed E-state index contributed by atoms with van der Waals surface area (Å²) in [6, 6.07) is 16.2. The minimum absolute atomic E-state index is 0.138. The molecule has 1 aromatic heterocycles. The number of carbonyl (C=O) groups is 1. The van der Waals surface area contributed by atoms with E-state index in [4.69, 9.17) is 0 Å². The summed E-state index contributed by atoms with van der Waals surface area (Å²) in [6.45, 7) is 1.93. The Kier molecular flexibility index (Phi) is 5.08. The Morgan fingerprint density at radius 1 is 1.07 bits per heavy atom.